The standard InChI is InChI=1S/C14H22ClNO3S/c1-12(2)19-8-7-16(3)20(17,18)11-14-6-4-5-13(9-14)10-15/h4-6,9,12H,7-8,10-11H2,1-3H3. The van der Waals surface area contributed by atoms with Crippen LogP contribution in [0, 0.1) is 0 Å². The Morgan fingerprint density at radius 3 is 2.55 bits per heavy atom. The van der Waals surface area contributed by atoms with Gasteiger partial charge in [0.15, 0.2) is 0 Å². The first-order valence-corrected chi connectivity index (χ1v) is 8.69. The van der Waals surface area contributed by atoms with Gasteiger partial charge in [0.2, 0.25) is 10.0 Å². The van der Waals surface area contributed by atoms with E-state index in [9.17, 15) is 8.42 Å². The second-order valence-electron chi connectivity index (χ2n) is 4.95. The smallest absolute Gasteiger partial charge is 0.218 e. The van der Waals surface area contributed by atoms with Gasteiger partial charge in [0.25, 0.3) is 0 Å². The lowest BCUT2D eigenvalue weighted by Crippen LogP contribution is -2.31. The van der Waals surface area contributed by atoms with Crippen LogP contribution >= 0.6 is 11.6 Å². The van der Waals surface area contributed by atoms with E-state index in [1.165, 1.54) is 4.31 Å². The molecule has 0 saturated heterocycles. The van der Waals surface area contributed by atoms with E-state index in [1.54, 1.807) is 13.1 Å². The number of benzene rings is 1. The van der Waals surface area contributed by atoms with Crippen molar-refractivity contribution in [3.05, 3.63) is 35.4 Å². The fourth-order valence-electron chi connectivity index (χ4n) is 1.68. The molecule has 114 valence electrons. The van der Waals surface area contributed by atoms with Crippen LogP contribution in [0.25, 0.3) is 0 Å². The number of sulfonamides is 1. The van der Waals surface area contributed by atoms with Gasteiger partial charge in [-0.05, 0) is 25.0 Å². The van der Waals surface area contributed by atoms with Crippen LogP contribution in [-0.4, -0.2) is 39.0 Å². The largest absolute Gasteiger partial charge is 0.377 e. The van der Waals surface area contributed by atoms with Gasteiger partial charge < -0.3 is 4.74 Å². The van der Waals surface area contributed by atoms with Crippen molar-refractivity contribution in [2.24, 2.45) is 0 Å². The van der Waals surface area contributed by atoms with Gasteiger partial charge in [-0.3, -0.25) is 0 Å². The van der Waals surface area contributed by atoms with E-state index in [0.717, 1.165) is 11.1 Å². The van der Waals surface area contributed by atoms with Crippen molar-refractivity contribution in [1.82, 2.24) is 4.31 Å². The van der Waals surface area contributed by atoms with Gasteiger partial charge in [-0.15, -0.1) is 11.6 Å². The van der Waals surface area contributed by atoms with E-state index >= 15 is 0 Å². The number of ether oxygens (including phenoxy) is 1. The molecule has 1 rings (SSSR count). The average Bonchev–Trinajstić information content (AvgIpc) is 2.37. The van der Waals surface area contributed by atoms with Crippen LogP contribution in [0.5, 0.6) is 0 Å². The summed E-state index contributed by atoms with van der Waals surface area (Å²) in [7, 11) is -1.75. The fourth-order valence-corrected chi connectivity index (χ4v) is 3.02. The summed E-state index contributed by atoms with van der Waals surface area (Å²) in [5.74, 6) is 0.363. The highest BCUT2D eigenvalue weighted by molar-refractivity contribution is 7.88. The molecule has 4 nitrogen and oxygen atoms in total. The van der Waals surface area contributed by atoms with E-state index in [-0.39, 0.29) is 11.9 Å². The molecule has 0 bridgehead atoms. The number of likely N-dealkylation sites (N-methyl/N-ethyl adjacent to an activating group) is 1. The van der Waals surface area contributed by atoms with E-state index in [1.807, 2.05) is 32.0 Å². The van der Waals surface area contributed by atoms with E-state index in [4.69, 9.17) is 16.3 Å². The predicted molar refractivity (Wildman–Crippen MR) is 82.3 cm³/mol. The Morgan fingerprint density at radius 2 is 1.95 bits per heavy atom. The topological polar surface area (TPSA) is 46.6 Å². The number of alkyl halides is 1. The van der Waals surface area contributed by atoms with Crippen LogP contribution in [0.1, 0.15) is 25.0 Å². The summed E-state index contributed by atoms with van der Waals surface area (Å²) < 4.78 is 31.1. The molecule has 0 aliphatic carbocycles. The van der Waals surface area contributed by atoms with Gasteiger partial charge in [-0.1, -0.05) is 24.3 Å². The second-order valence-corrected chi connectivity index (χ2v) is 7.29. The maximum absolute atomic E-state index is 12.2. The Bertz CT molecular complexity index is 517. The molecular formula is C14H22ClNO3S. The number of nitrogens with zero attached hydrogens (tertiary/aromatic N) is 1. The summed E-state index contributed by atoms with van der Waals surface area (Å²) in [6, 6.07) is 7.32. The maximum Gasteiger partial charge on any atom is 0.218 e. The molecule has 0 aliphatic heterocycles. The van der Waals surface area contributed by atoms with Gasteiger partial charge in [-0.25, -0.2) is 12.7 Å². The molecule has 0 aromatic heterocycles. The summed E-state index contributed by atoms with van der Waals surface area (Å²) in [6.07, 6.45) is 0.103. The van der Waals surface area contributed by atoms with Crippen LogP contribution in [0.15, 0.2) is 24.3 Å². The van der Waals surface area contributed by atoms with Gasteiger partial charge in [0.05, 0.1) is 18.5 Å². The normalized spacial score (nSPS) is 12.3. The van der Waals surface area contributed by atoms with E-state index in [0.29, 0.717) is 19.0 Å². The highest BCUT2D eigenvalue weighted by atomic mass is 35.5. The molecule has 0 saturated carbocycles. The third-order valence-corrected chi connectivity index (χ3v) is 4.97. The Labute approximate surface area is 126 Å². The molecule has 0 spiro atoms. The second kappa shape index (κ2) is 7.98. The molecule has 20 heavy (non-hydrogen) atoms. The monoisotopic (exact) mass is 319 g/mol. The Balaban J connectivity index is 2.63. The lowest BCUT2D eigenvalue weighted by atomic mass is 10.2. The molecule has 0 unspecified atom stereocenters. The van der Waals surface area contributed by atoms with Crippen molar-refractivity contribution >= 4 is 21.6 Å². The molecule has 1 aromatic carbocycles. The van der Waals surface area contributed by atoms with Crippen molar-refractivity contribution in [3.63, 3.8) is 0 Å². The Hall–Kier alpha value is -0.620. The van der Waals surface area contributed by atoms with Crippen molar-refractivity contribution in [2.75, 3.05) is 20.2 Å². The van der Waals surface area contributed by atoms with Gasteiger partial charge in [0, 0.05) is 19.5 Å². The molecule has 0 fully saturated rings. The van der Waals surface area contributed by atoms with E-state index < -0.39 is 10.0 Å². The van der Waals surface area contributed by atoms with Crippen molar-refractivity contribution in [1.29, 1.82) is 0 Å². The summed E-state index contributed by atoms with van der Waals surface area (Å²) in [4.78, 5) is 0. The van der Waals surface area contributed by atoms with Crippen LogP contribution in [-0.2, 0) is 26.4 Å². The zero-order chi connectivity index (χ0) is 15.2. The first kappa shape index (κ1) is 17.4. The van der Waals surface area contributed by atoms with Crippen LogP contribution in [0.3, 0.4) is 0 Å². The minimum atomic E-state index is -3.33. The first-order valence-electron chi connectivity index (χ1n) is 6.54. The third-order valence-electron chi connectivity index (χ3n) is 2.83. The summed E-state index contributed by atoms with van der Waals surface area (Å²) in [5, 5.41) is 0. The van der Waals surface area contributed by atoms with E-state index in [2.05, 4.69) is 0 Å². The SMILES string of the molecule is CC(C)OCCN(C)S(=O)(=O)Cc1cccc(CCl)c1. The van der Waals surface area contributed by atoms with Gasteiger partial charge in [0.1, 0.15) is 0 Å². The lowest BCUT2D eigenvalue weighted by Gasteiger charge is -2.18. The predicted octanol–water partition coefficient (Wildman–Crippen LogP) is 2.61. The molecule has 1 aromatic rings. The molecule has 0 heterocycles. The number of hydrogen-bond donors (Lipinski definition) is 0. The quantitative estimate of drug-likeness (QED) is 0.692. The zero-order valence-corrected chi connectivity index (χ0v) is 13.7. The summed E-state index contributed by atoms with van der Waals surface area (Å²) in [5.41, 5.74) is 1.67. The maximum atomic E-state index is 12.2. The number of halogens is 1. The highest BCUT2D eigenvalue weighted by Crippen LogP contribution is 2.13. The molecule has 0 atom stereocenters. The Morgan fingerprint density at radius 1 is 1.30 bits per heavy atom. The van der Waals surface area contributed by atoms with Crippen LogP contribution in [0.2, 0.25) is 0 Å². The molecular weight excluding hydrogens is 298 g/mol. The van der Waals surface area contributed by atoms with Crippen molar-refractivity contribution < 1.29 is 13.2 Å². The van der Waals surface area contributed by atoms with Gasteiger partial charge in [-0.2, -0.15) is 0 Å². The molecule has 0 radical (unpaired) electrons. The minimum absolute atomic E-state index is 0.0179. The Kier molecular flexibility index (Phi) is 6.95. The van der Waals surface area contributed by atoms with Crippen molar-refractivity contribution in [3.8, 4) is 0 Å². The number of hydrogen-bond acceptors (Lipinski definition) is 3. The average molecular weight is 320 g/mol. The highest BCUT2D eigenvalue weighted by Gasteiger charge is 2.18. The van der Waals surface area contributed by atoms with Crippen LogP contribution < -0.4 is 0 Å². The fraction of sp³-hybridized carbons (Fsp3) is 0.571. The van der Waals surface area contributed by atoms with Crippen LogP contribution in [0.4, 0.5) is 0 Å². The third kappa shape index (κ3) is 5.79. The minimum Gasteiger partial charge on any atom is -0.377 e. The molecule has 6 heteroatoms. The molecule has 0 amide bonds. The molecule has 0 N–H and O–H groups in total. The zero-order valence-electron chi connectivity index (χ0n) is 12.2. The first-order chi connectivity index (χ1) is 9.35. The summed E-state index contributed by atoms with van der Waals surface area (Å²) in [6.45, 7) is 4.60. The lowest BCUT2D eigenvalue weighted by molar-refractivity contribution is 0.0737. The number of rotatable bonds is 8. The van der Waals surface area contributed by atoms with Crippen molar-refractivity contribution in [2.45, 2.75) is 31.6 Å². The summed E-state index contributed by atoms with van der Waals surface area (Å²) >= 11 is 5.75. The van der Waals surface area contributed by atoms with Gasteiger partial charge >= 0.3 is 0 Å². The molecule has 0 aliphatic rings.